The first kappa shape index (κ1) is 14.2. The number of aliphatic imine (C=N–C) groups is 1. The van der Waals surface area contributed by atoms with Crippen LogP contribution in [-0.4, -0.2) is 47.2 Å². The van der Waals surface area contributed by atoms with Gasteiger partial charge in [-0.25, -0.2) is 4.98 Å². The topological polar surface area (TPSA) is 118 Å². The van der Waals surface area contributed by atoms with E-state index in [9.17, 15) is 9.90 Å². The van der Waals surface area contributed by atoms with Gasteiger partial charge in [0.25, 0.3) is 5.56 Å². The molecule has 106 valence electrons. The SMILES string of the molecule is O=c1[nH]c(C([O-])=NCC[NH2+]CCO)nc2ccccc12. The normalized spacial score (nSPS) is 11.9. The third kappa shape index (κ3) is 3.40. The Morgan fingerprint density at radius 2 is 2.20 bits per heavy atom. The second-order valence-electron chi connectivity index (χ2n) is 4.21. The fourth-order valence-electron chi connectivity index (χ4n) is 1.76. The number of aromatic amines is 1. The van der Waals surface area contributed by atoms with Crippen LogP contribution in [0.2, 0.25) is 0 Å². The quantitative estimate of drug-likeness (QED) is 0.309. The maximum Gasteiger partial charge on any atom is 0.259 e. The van der Waals surface area contributed by atoms with E-state index in [1.54, 1.807) is 24.3 Å². The molecule has 0 amide bonds. The molecule has 1 aromatic carbocycles. The minimum Gasteiger partial charge on any atom is -0.856 e. The molecule has 2 rings (SSSR count). The largest absolute Gasteiger partial charge is 0.856 e. The van der Waals surface area contributed by atoms with Gasteiger partial charge in [-0.15, -0.1) is 0 Å². The fourth-order valence-corrected chi connectivity index (χ4v) is 1.76. The Hall–Kier alpha value is -2.25. The Bertz CT molecular complexity index is 666. The van der Waals surface area contributed by atoms with Gasteiger partial charge in [-0.2, -0.15) is 0 Å². The van der Waals surface area contributed by atoms with Crippen LogP contribution in [0.4, 0.5) is 0 Å². The van der Waals surface area contributed by atoms with Crippen LogP contribution in [0.1, 0.15) is 5.82 Å². The summed E-state index contributed by atoms with van der Waals surface area (Å²) in [5.41, 5.74) is 0.127. The fraction of sp³-hybridized carbons (Fsp3) is 0.308. The summed E-state index contributed by atoms with van der Waals surface area (Å²) in [6, 6.07) is 6.82. The Kier molecular flexibility index (Phi) is 4.80. The van der Waals surface area contributed by atoms with E-state index in [0.29, 0.717) is 30.5 Å². The van der Waals surface area contributed by atoms with Crippen molar-refractivity contribution in [3.63, 3.8) is 0 Å². The highest BCUT2D eigenvalue weighted by atomic mass is 16.3. The molecule has 0 aliphatic carbocycles. The molecule has 1 aromatic heterocycles. The summed E-state index contributed by atoms with van der Waals surface area (Å²) in [5.74, 6) is -0.582. The van der Waals surface area contributed by atoms with Gasteiger partial charge in [0.15, 0.2) is 0 Å². The number of fused-ring (bicyclic) bond motifs is 1. The third-order valence-corrected chi connectivity index (χ3v) is 2.74. The van der Waals surface area contributed by atoms with Gasteiger partial charge >= 0.3 is 0 Å². The molecule has 0 bridgehead atoms. The number of para-hydroxylation sites is 1. The van der Waals surface area contributed by atoms with Crippen LogP contribution in [0.3, 0.4) is 0 Å². The monoisotopic (exact) mass is 276 g/mol. The van der Waals surface area contributed by atoms with Crippen molar-refractivity contribution in [3.05, 3.63) is 40.4 Å². The maximum absolute atomic E-state index is 11.8. The first-order chi connectivity index (χ1) is 9.72. The van der Waals surface area contributed by atoms with Crippen LogP contribution in [0.15, 0.2) is 34.1 Å². The van der Waals surface area contributed by atoms with E-state index in [-0.39, 0.29) is 18.0 Å². The number of quaternary nitrogens is 1. The summed E-state index contributed by atoms with van der Waals surface area (Å²) in [7, 11) is 0. The van der Waals surface area contributed by atoms with Crippen molar-refractivity contribution in [1.29, 1.82) is 0 Å². The van der Waals surface area contributed by atoms with Gasteiger partial charge < -0.3 is 20.5 Å². The highest BCUT2D eigenvalue weighted by Gasteiger charge is 2.02. The number of rotatable bonds is 6. The molecule has 1 heterocycles. The molecule has 0 saturated heterocycles. The molecule has 0 saturated carbocycles. The number of nitrogens with zero attached hydrogens (tertiary/aromatic N) is 2. The van der Waals surface area contributed by atoms with Gasteiger partial charge in [0, 0.05) is 5.90 Å². The Balaban J connectivity index is 2.16. The summed E-state index contributed by atoms with van der Waals surface area (Å²) < 4.78 is 0. The highest BCUT2D eigenvalue weighted by Crippen LogP contribution is 2.05. The van der Waals surface area contributed by atoms with Crippen molar-refractivity contribution in [2.45, 2.75) is 0 Å². The van der Waals surface area contributed by atoms with E-state index < -0.39 is 5.90 Å². The van der Waals surface area contributed by atoms with Crippen molar-refractivity contribution in [2.75, 3.05) is 26.2 Å². The second kappa shape index (κ2) is 6.78. The number of aliphatic hydroxyl groups is 1. The molecule has 0 fully saturated rings. The molecule has 0 atom stereocenters. The summed E-state index contributed by atoms with van der Waals surface area (Å²) in [5, 5.41) is 22.7. The molecule has 0 aliphatic heterocycles. The van der Waals surface area contributed by atoms with Crippen LogP contribution in [-0.2, 0) is 0 Å². The van der Waals surface area contributed by atoms with Gasteiger partial charge in [-0.3, -0.25) is 9.79 Å². The zero-order valence-electron chi connectivity index (χ0n) is 10.9. The molecule has 0 aliphatic rings. The van der Waals surface area contributed by atoms with Crippen molar-refractivity contribution in [3.8, 4) is 0 Å². The average molecular weight is 276 g/mol. The lowest BCUT2D eigenvalue weighted by Crippen LogP contribution is -2.85. The van der Waals surface area contributed by atoms with E-state index in [1.165, 1.54) is 0 Å². The molecule has 20 heavy (non-hydrogen) atoms. The van der Waals surface area contributed by atoms with E-state index in [2.05, 4.69) is 15.0 Å². The molecular weight excluding hydrogens is 260 g/mol. The molecule has 7 nitrogen and oxygen atoms in total. The molecule has 7 heteroatoms. The molecule has 0 radical (unpaired) electrons. The predicted octanol–water partition coefficient (Wildman–Crippen LogP) is -2.41. The van der Waals surface area contributed by atoms with Gasteiger partial charge in [0.1, 0.15) is 5.82 Å². The van der Waals surface area contributed by atoms with Gasteiger partial charge in [-0.1, -0.05) is 12.1 Å². The van der Waals surface area contributed by atoms with Gasteiger partial charge in [0.05, 0.1) is 37.1 Å². The highest BCUT2D eigenvalue weighted by molar-refractivity contribution is 5.89. The number of H-pyrrole nitrogens is 1. The van der Waals surface area contributed by atoms with Crippen molar-refractivity contribution in [2.24, 2.45) is 4.99 Å². The Labute approximate surface area is 115 Å². The summed E-state index contributed by atoms with van der Waals surface area (Å²) in [6.45, 7) is 1.59. The summed E-state index contributed by atoms with van der Waals surface area (Å²) in [4.78, 5) is 22.2. The van der Waals surface area contributed by atoms with Crippen molar-refractivity contribution in [1.82, 2.24) is 9.97 Å². The molecular formula is C13H16N4O3. The van der Waals surface area contributed by atoms with Crippen LogP contribution < -0.4 is 16.0 Å². The number of nitrogens with two attached hydrogens (primary N) is 1. The van der Waals surface area contributed by atoms with Crippen LogP contribution in [0.5, 0.6) is 0 Å². The zero-order valence-corrected chi connectivity index (χ0v) is 10.9. The Morgan fingerprint density at radius 1 is 1.40 bits per heavy atom. The molecule has 0 unspecified atom stereocenters. The lowest BCUT2D eigenvalue weighted by Gasteiger charge is -2.10. The summed E-state index contributed by atoms with van der Waals surface area (Å²) in [6.07, 6.45) is 0. The standard InChI is InChI=1S/C13H16N4O3/c18-8-7-14-5-6-15-13(20)11-16-10-4-2-1-3-9(10)12(19)17-11/h1-4,14,18H,5-8H2,(H,15,20)(H,16,17,19). The van der Waals surface area contributed by atoms with Crippen LogP contribution in [0, 0.1) is 0 Å². The average Bonchev–Trinajstić information content (AvgIpc) is 2.47. The van der Waals surface area contributed by atoms with Gasteiger partial charge in [0.2, 0.25) is 0 Å². The second-order valence-corrected chi connectivity index (χ2v) is 4.21. The Morgan fingerprint density at radius 3 is 3.00 bits per heavy atom. The number of aliphatic hydroxyl groups excluding tert-OH is 1. The number of hydrogen-bond acceptors (Lipinski definition) is 5. The van der Waals surface area contributed by atoms with Gasteiger partial charge in [-0.05, 0) is 12.1 Å². The first-order valence-electron chi connectivity index (χ1n) is 6.36. The third-order valence-electron chi connectivity index (χ3n) is 2.74. The van der Waals surface area contributed by atoms with E-state index in [4.69, 9.17) is 5.11 Å². The van der Waals surface area contributed by atoms with E-state index >= 15 is 0 Å². The number of nitrogens with one attached hydrogen (secondary N) is 1. The number of benzene rings is 1. The lowest BCUT2D eigenvalue weighted by molar-refractivity contribution is -0.653. The maximum atomic E-state index is 11.8. The lowest BCUT2D eigenvalue weighted by atomic mass is 10.2. The van der Waals surface area contributed by atoms with Crippen LogP contribution in [0.25, 0.3) is 10.9 Å². The van der Waals surface area contributed by atoms with Crippen molar-refractivity contribution < 1.29 is 15.5 Å². The number of hydrogen-bond donors (Lipinski definition) is 3. The first-order valence-corrected chi connectivity index (χ1v) is 6.36. The smallest absolute Gasteiger partial charge is 0.259 e. The zero-order chi connectivity index (χ0) is 14.4. The van der Waals surface area contributed by atoms with Crippen molar-refractivity contribution >= 4 is 16.8 Å². The molecule has 2 aromatic rings. The minimum atomic E-state index is -0.537. The molecule has 0 spiro atoms. The van der Waals surface area contributed by atoms with Crippen LogP contribution >= 0.6 is 0 Å². The van der Waals surface area contributed by atoms with E-state index in [0.717, 1.165) is 0 Å². The van der Waals surface area contributed by atoms with E-state index in [1.807, 2.05) is 5.32 Å². The minimum absolute atomic E-state index is 0.0455. The summed E-state index contributed by atoms with van der Waals surface area (Å²) >= 11 is 0. The molecule has 4 N–H and O–H groups in total. The predicted molar refractivity (Wildman–Crippen MR) is 72.5 cm³/mol. The number of aromatic nitrogens is 2.